The van der Waals surface area contributed by atoms with Crippen LogP contribution in [0.3, 0.4) is 0 Å². The minimum atomic E-state index is -3.71. The second-order valence-electron chi connectivity index (χ2n) is 7.20. The fourth-order valence-corrected chi connectivity index (χ4v) is 6.59. The molecule has 4 aromatic rings. The largest absolute Gasteiger partial charge is 0.241 e. The highest BCUT2D eigenvalue weighted by atomic mass is 32.2. The summed E-state index contributed by atoms with van der Waals surface area (Å²) >= 11 is 1.54. The molecule has 150 valence electrons. The lowest BCUT2D eigenvalue weighted by molar-refractivity contribution is 0.557. The van der Waals surface area contributed by atoms with Crippen molar-refractivity contribution in [3.63, 3.8) is 0 Å². The third kappa shape index (κ3) is 3.41. The molecule has 0 bridgehead atoms. The molecule has 30 heavy (non-hydrogen) atoms. The number of thioether (sulfide) groups is 1. The molecular formula is C24H18FNO2S2. The van der Waals surface area contributed by atoms with E-state index in [2.05, 4.69) is 4.72 Å². The summed E-state index contributed by atoms with van der Waals surface area (Å²) < 4.78 is 42.6. The van der Waals surface area contributed by atoms with E-state index in [4.69, 9.17) is 0 Å². The van der Waals surface area contributed by atoms with Crippen molar-refractivity contribution in [3.05, 3.63) is 108 Å². The van der Waals surface area contributed by atoms with Crippen molar-refractivity contribution in [3.8, 4) is 0 Å². The molecule has 6 heteroatoms. The van der Waals surface area contributed by atoms with E-state index in [9.17, 15) is 12.8 Å². The first-order chi connectivity index (χ1) is 14.5. The standard InChI is InChI=1S/C24H18FNO2S2/c25-17-12-14-18(15-13-17)29-24-21-11-5-7-16-6-4-10-20(22(16)21)23(24)26-30(27,28)19-8-2-1-3-9-19/h1-15,23-24,26H/t23-,24-/m0/s1. The van der Waals surface area contributed by atoms with E-state index in [1.54, 1.807) is 42.5 Å². The highest BCUT2D eigenvalue weighted by Crippen LogP contribution is 2.53. The number of benzene rings is 4. The van der Waals surface area contributed by atoms with Gasteiger partial charge in [-0.15, -0.1) is 11.8 Å². The van der Waals surface area contributed by atoms with Crippen LogP contribution in [0.5, 0.6) is 0 Å². The summed E-state index contributed by atoms with van der Waals surface area (Å²) in [6.07, 6.45) is 0. The average Bonchev–Trinajstić information content (AvgIpc) is 3.05. The van der Waals surface area contributed by atoms with Crippen LogP contribution in [0.2, 0.25) is 0 Å². The van der Waals surface area contributed by atoms with Gasteiger partial charge in [0.1, 0.15) is 5.82 Å². The van der Waals surface area contributed by atoms with Crippen molar-refractivity contribution in [2.45, 2.75) is 21.1 Å². The van der Waals surface area contributed by atoms with Crippen molar-refractivity contribution in [2.24, 2.45) is 0 Å². The number of rotatable bonds is 5. The third-order valence-electron chi connectivity index (χ3n) is 5.33. The summed E-state index contributed by atoms with van der Waals surface area (Å²) in [4.78, 5) is 1.12. The van der Waals surface area contributed by atoms with Crippen LogP contribution in [-0.4, -0.2) is 8.42 Å². The summed E-state index contributed by atoms with van der Waals surface area (Å²) in [6, 6.07) is 26.3. The van der Waals surface area contributed by atoms with Gasteiger partial charge in [0.15, 0.2) is 0 Å². The molecule has 0 saturated carbocycles. The molecule has 0 heterocycles. The van der Waals surface area contributed by atoms with E-state index in [0.717, 1.165) is 26.8 Å². The fraction of sp³-hybridized carbons (Fsp3) is 0.0833. The van der Waals surface area contributed by atoms with Gasteiger partial charge in [-0.05, 0) is 58.3 Å². The highest BCUT2D eigenvalue weighted by molar-refractivity contribution is 7.99. The van der Waals surface area contributed by atoms with Gasteiger partial charge in [-0.1, -0.05) is 54.6 Å². The highest BCUT2D eigenvalue weighted by Gasteiger charge is 2.37. The molecule has 0 spiro atoms. The Bertz CT molecular complexity index is 1320. The SMILES string of the molecule is O=S(=O)(N[C@H]1c2cccc3cccc(c23)[C@@H]1Sc1ccc(F)cc1)c1ccccc1. The summed E-state index contributed by atoms with van der Waals surface area (Å²) in [7, 11) is -3.71. The maximum Gasteiger partial charge on any atom is 0.241 e. The normalized spacial score (nSPS) is 18.0. The number of nitrogens with one attached hydrogen (secondary N) is 1. The quantitative estimate of drug-likeness (QED) is 0.428. The monoisotopic (exact) mass is 435 g/mol. The van der Waals surface area contributed by atoms with Crippen LogP contribution < -0.4 is 4.72 Å². The van der Waals surface area contributed by atoms with Crippen LogP contribution in [0, 0.1) is 5.82 Å². The predicted octanol–water partition coefficient (Wildman–Crippen LogP) is 5.85. The van der Waals surface area contributed by atoms with Gasteiger partial charge in [0, 0.05) is 4.90 Å². The Balaban J connectivity index is 1.60. The molecule has 1 N–H and O–H groups in total. The van der Waals surface area contributed by atoms with E-state index in [1.165, 1.54) is 23.9 Å². The van der Waals surface area contributed by atoms with Crippen LogP contribution in [0.4, 0.5) is 4.39 Å². The Morgan fingerprint density at radius 2 is 1.43 bits per heavy atom. The first kappa shape index (κ1) is 19.3. The minimum Gasteiger partial charge on any atom is -0.207 e. The fourth-order valence-electron chi connectivity index (χ4n) is 3.99. The zero-order chi connectivity index (χ0) is 20.7. The van der Waals surface area contributed by atoms with Crippen molar-refractivity contribution in [2.75, 3.05) is 0 Å². The molecule has 0 amide bonds. The van der Waals surface area contributed by atoms with Crippen LogP contribution in [0.25, 0.3) is 10.8 Å². The number of hydrogen-bond donors (Lipinski definition) is 1. The molecule has 0 fully saturated rings. The zero-order valence-electron chi connectivity index (χ0n) is 15.8. The molecule has 0 radical (unpaired) electrons. The van der Waals surface area contributed by atoms with Gasteiger partial charge in [0.2, 0.25) is 10.0 Å². The summed E-state index contributed by atoms with van der Waals surface area (Å²) in [5, 5.41) is 1.99. The lowest BCUT2D eigenvalue weighted by atomic mass is 10.1. The number of sulfonamides is 1. The second kappa shape index (κ2) is 7.54. The molecule has 1 aliphatic carbocycles. The first-order valence-electron chi connectivity index (χ1n) is 9.54. The van der Waals surface area contributed by atoms with E-state index < -0.39 is 16.1 Å². The van der Waals surface area contributed by atoms with Gasteiger partial charge in [0.05, 0.1) is 16.2 Å². The van der Waals surface area contributed by atoms with Gasteiger partial charge in [0.25, 0.3) is 0 Å². The molecule has 0 aromatic heterocycles. The Hall–Kier alpha value is -2.67. The Morgan fingerprint density at radius 1 is 0.767 bits per heavy atom. The van der Waals surface area contributed by atoms with Crippen LogP contribution >= 0.6 is 11.8 Å². The average molecular weight is 436 g/mol. The van der Waals surface area contributed by atoms with Crippen LogP contribution in [0.1, 0.15) is 22.4 Å². The predicted molar refractivity (Wildman–Crippen MR) is 118 cm³/mol. The molecule has 0 unspecified atom stereocenters. The first-order valence-corrected chi connectivity index (χ1v) is 11.9. The maximum atomic E-state index is 13.4. The molecule has 5 rings (SSSR count). The third-order valence-corrected chi connectivity index (χ3v) is 8.11. The number of halogens is 1. The van der Waals surface area contributed by atoms with E-state index in [0.29, 0.717) is 0 Å². The summed E-state index contributed by atoms with van der Waals surface area (Å²) in [5.74, 6) is -0.294. The second-order valence-corrected chi connectivity index (χ2v) is 10.1. The molecule has 2 atom stereocenters. The van der Waals surface area contributed by atoms with Gasteiger partial charge in [-0.2, -0.15) is 0 Å². The van der Waals surface area contributed by atoms with Crippen molar-refractivity contribution in [1.82, 2.24) is 4.72 Å². The summed E-state index contributed by atoms with van der Waals surface area (Å²) in [6.45, 7) is 0. The lowest BCUT2D eigenvalue weighted by Crippen LogP contribution is -2.29. The van der Waals surface area contributed by atoms with Gasteiger partial charge in [-0.3, -0.25) is 0 Å². The lowest BCUT2D eigenvalue weighted by Gasteiger charge is -2.23. The van der Waals surface area contributed by atoms with Crippen molar-refractivity contribution >= 4 is 32.6 Å². The number of hydrogen-bond acceptors (Lipinski definition) is 3. The van der Waals surface area contributed by atoms with Gasteiger partial charge >= 0.3 is 0 Å². The zero-order valence-corrected chi connectivity index (χ0v) is 17.5. The summed E-state index contributed by atoms with van der Waals surface area (Å²) in [5.41, 5.74) is 2.04. The molecule has 0 saturated heterocycles. The topological polar surface area (TPSA) is 46.2 Å². The van der Waals surface area contributed by atoms with Crippen molar-refractivity contribution < 1.29 is 12.8 Å². The smallest absolute Gasteiger partial charge is 0.207 e. The van der Waals surface area contributed by atoms with E-state index in [-0.39, 0.29) is 16.0 Å². The minimum absolute atomic E-state index is 0.171. The Labute approximate surface area is 179 Å². The maximum absolute atomic E-state index is 13.4. The Morgan fingerprint density at radius 3 is 2.13 bits per heavy atom. The molecule has 4 aromatic carbocycles. The Kier molecular flexibility index (Phi) is 4.85. The van der Waals surface area contributed by atoms with Gasteiger partial charge < -0.3 is 0 Å². The molecule has 1 aliphatic rings. The van der Waals surface area contributed by atoms with E-state index in [1.807, 2.05) is 36.4 Å². The van der Waals surface area contributed by atoms with E-state index >= 15 is 0 Å². The molecule has 3 nitrogen and oxygen atoms in total. The molecule has 0 aliphatic heterocycles. The van der Waals surface area contributed by atoms with Gasteiger partial charge in [-0.25, -0.2) is 17.5 Å². The van der Waals surface area contributed by atoms with Crippen LogP contribution in [0.15, 0.2) is 101 Å². The van der Waals surface area contributed by atoms with Crippen LogP contribution in [-0.2, 0) is 10.0 Å². The molecular weight excluding hydrogens is 417 g/mol. The van der Waals surface area contributed by atoms with Crippen molar-refractivity contribution in [1.29, 1.82) is 0 Å².